The van der Waals surface area contributed by atoms with Gasteiger partial charge in [0.05, 0.1) is 0 Å². The van der Waals surface area contributed by atoms with Crippen LogP contribution in [0.3, 0.4) is 0 Å². The number of para-hydroxylation sites is 1. The molecule has 0 unspecified atom stereocenters. The molecular weight excluding hydrogens is 190 g/mol. The maximum Gasteiger partial charge on any atom is 0.0478 e. The van der Waals surface area contributed by atoms with E-state index in [4.69, 9.17) is 0 Å². The van der Waals surface area contributed by atoms with Gasteiger partial charge in [-0.15, -0.1) is 11.8 Å². The van der Waals surface area contributed by atoms with E-state index in [0.29, 0.717) is 0 Å². The molecule has 0 bridgehead atoms. The monoisotopic (exact) mass is 207 g/mol. The molecule has 76 valence electrons. The minimum Gasteiger partial charge on any atom is -0.384 e. The van der Waals surface area contributed by atoms with E-state index < -0.39 is 0 Å². The largest absolute Gasteiger partial charge is 0.384 e. The molecule has 0 aliphatic heterocycles. The Balaban J connectivity index is 1.86. The van der Waals surface area contributed by atoms with Crippen LogP contribution in [0.1, 0.15) is 19.3 Å². The van der Waals surface area contributed by atoms with E-state index in [-0.39, 0.29) is 0 Å². The van der Waals surface area contributed by atoms with E-state index in [1.807, 2.05) is 11.8 Å². The van der Waals surface area contributed by atoms with Crippen LogP contribution in [0.5, 0.6) is 0 Å². The number of thioether (sulfide) groups is 1. The topological polar surface area (TPSA) is 12.0 Å². The van der Waals surface area contributed by atoms with Crippen molar-refractivity contribution in [1.82, 2.24) is 0 Å². The van der Waals surface area contributed by atoms with Gasteiger partial charge in [-0.25, -0.2) is 0 Å². The van der Waals surface area contributed by atoms with Crippen LogP contribution in [-0.2, 0) is 0 Å². The summed E-state index contributed by atoms with van der Waals surface area (Å²) >= 11 is 1.81. The zero-order chi connectivity index (χ0) is 9.80. The van der Waals surface area contributed by atoms with Crippen molar-refractivity contribution in [3.05, 3.63) is 24.3 Å². The maximum atomic E-state index is 3.51. The lowest BCUT2D eigenvalue weighted by molar-refractivity contribution is 0.759. The second-order valence-corrected chi connectivity index (χ2v) is 4.71. The molecule has 0 heterocycles. The molecule has 0 aromatic heterocycles. The van der Waals surface area contributed by atoms with E-state index in [1.54, 1.807) is 0 Å². The standard InChI is InChI=1S/C12H17NS/c1-14-12-5-3-2-4-11(12)13-9-8-10-6-7-10/h2-5,10,13H,6-9H2,1H3. The molecule has 2 rings (SSSR count). The Kier molecular flexibility index (Phi) is 3.35. The lowest BCUT2D eigenvalue weighted by Gasteiger charge is -2.09. The van der Waals surface area contributed by atoms with Gasteiger partial charge >= 0.3 is 0 Å². The van der Waals surface area contributed by atoms with Gasteiger partial charge in [0.25, 0.3) is 0 Å². The molecule has 0 radical (unpaired) electrons. The third kappa shape index (κ3) is 2.68. The van der Waals surface area contributed by atoms with Crippen molar-refractivity contribution in [2.24, 2.45) is 5.92 Å². The Morgan fingerprint density at radius 2 is 2.14 bits per heavy atom. The number of nitrogens with one attached hydrogen (secondary N) is 1. The first kappa shape index (κ1) is 9.91. The van der Waals surface area contributed by atoms with E-state index in [0.717, 1.165) is 12.5 Å². The zero-order valence-electron chi connectivity index (χ0n) is 8.62. The van der Waals surface area contributed by atoms with Crippen molar-refractivity contribution >= 4 is 17.4 Å². The maximum absolute atomic E-state index is 3.51. The predicted molar refractivity (Wildman–Crippen MR) is 64.1 cm³/mol. The smallest absolute Gasteiger partial charge is 0.0478 e. The summed E-state index contributed by atoms with van der Waals surface area (Å²) < 4.78 is 0. The first-order valence-corrected chi connectivity index (χ1v) is 6.49. The molecule has 1 fully saturated rings. The molecule has 1 aromatic rings. The number of hydrogen-bond acceptors (Lipinski definition) is 2. The van der Waals surface area contributed by atoms with E-state index in [2.05, 4.69) is 35.8 Å². The molecule has 0 spiro atoms. The summed E-state index contributed by atoms with van der Waals surface area (Å²) in [4.78, 5) is 1.35. The van der Waals surface area contributed by atoms with Gasteiger partial charge in [0, 0.05) is 17.1 Å². The second-order valence-electron chi connectivity index (χ2n) is 3.86. The normalized spacial score (nSPS) is 15.5. The molecule has 1 nitrogen and oxygen atoms in total. The summed E-state index contributed by atoms with van der Waals surface area (Å²) in [6.45, 7) is 1.13. The lowest BCUT2D eigenvalue weighted by Crippen LogP contribution is -2.02. The van der Waals surface area contributed by atoms with Crippen LogP contribution >= 0.6 is 11.8 Å². The average molecular weight is 207 g/mol. The Morgan fingerprint density at radius 1 is 1.36 bits per heavy atom. The van der Waals surface area contributed by atoms with E-state index in [9.17, 15) is 0 Å². The third-order valence-electron chi connectivity index (χ3n) is 2.67. The van der Waals surface area contributed by atoms with Gasteiger partial charge in [-0.2, -0.15) is 0 Å². The molecule has 1 N–H and O–H groups in total. The predicted octanol–water partition coefficient (Wildman–Crippen LogP) is 3.62. The van der Waals surface area contributed by atoms with Crippen molar-refractivity contribution < 1.29 is 0 Å². The van der Waals surface area contributed by atoms with Gasteiger partial charge in [0.2, 0.25) is 0 Å². The summed E-state index contributed by atoms with van der Waals surface area (Å²) in [7, 11) is 0. The van der Waals surface area contributed by atoms with Crippen LogP contribution in [0, 0.1) is 5.92 Å². The van der Waals surface area contributed by atoms with Gasteiger partial charge in [-0.3, -0.25) is 0 Å². The van der Waals surface area contributed by atoms with Crippen LogP contribution in [0.4, 0.5) is 5.69 Å². The first-order chi connectivity index (χ1) is 6.90. The highest BCUT2D eigenvalue weighted by Crippen LogP contribution is 2.32. The highest BCUT2D eigenvalue weighted by atomic mass is 32.2. The summed E-state index contributed by atoms with van der Waals surface area (Å²) in [5.41, 5.74) is 1.29. The van der Waals surface area contributed by atoms with Crippen LogP contribution < -0.4 is 5.32 Å². The summed E-state index contributed by atoms with van der Waals surface area (Å²) in [6.07, 6.45) is 6.36. The molecule has 0 saturated heterocycles. The second kappa shape index (κ2) is 4.74. The Morgan fingerprint density at radius 3 is 2.86 bits per heavy atom. The number of hydrogen-bond donors (Lipinski definition) is 1. The molecule has 1 aliphatic carbocycles. The van der Waals surface area contributed by atoms with Crippen molar-refractivity contribution in [3.8, 4) is 0 Å². The zero-order valence-corrected chi connectivity index (χ0v) is 9.44. The van der Waals surface area contributed by atoms with Crippen molar-refractivity contribution in [2.45, 2.75) is 24.2 Å². The highest BCUT2D eigenvalue weighted by molar-refractivity contribution is 7.98. The van der Waals surface area contributed by atoms with Crippen LogP contribution in [-0.4, -0.2) is 12.8 Å². The molecule has 0 amide bonds. The van der Waals surface area contributed by atoms with Crippen LogP contribution in [0.2, 0.25) is 0 Å². The van der Waals surface area contributed by atoms with E-state index >= 15 is 0 Å². The Bertz CT molecular complexity index is 294. The summed E-state index contributed by atoms with van der Waals surface area (Å²) in [6, 6.07) is 8.53. The lowest BCUT2D eigenvalue weighted by atomic mass is 10.2. The van der Waals surface area contributed by atoms with Gasteiger partial charge < -0.3 is 5.32 Å². The van der Waals surface area contributed by atoms with Gasteiger partial charge in [0.1, 0.15) is 0 Å². The molecule has 14 heavy (non-hydrogen) atoms. The fraction of sp³-hybridized carbons (Fsp3) is 0.500. The Labute approximate surface area is 90.3 Å². The van der Waals surface area contributed by atoms with Gasteiger partial charge in [0.15, 0.2) is 0 Å². The van der Waals surface area contributed by atoms with E-state index in [1.165, 1.54) is 29.8 Å². The number of rotatable bonds is 5. The number of anilines is 1. The summed E-state index contributed by atoms with van der Waals surface area (Å²) in [5, 5.41) is 3.51. The van der Waals surface area contributed by atoms with Crippen molar-refractivity contribution in [1.29, 1.82) is 0 Å². The van der Waals surface area contributed by atoms with Crippen molar-refractivity contribution in [2.75, 3.05) is 18.1 Å². The SMILES string of the molecule is CSc1ccccc1NCCC1CC1. The molecule has 1 aliphatic rings. The fourth-order valence-electron chi connectivity index (χ4n) is 1.61. The van der Waals surface area contributed by atoms with Crippen LogP contribution in [0.15, 0.2) is 29.2 Å². The van der Waals surface area contributed by atoms with Crippen LogP contribution in [0.25, 0.3) is 0 Å². The molecule has 2 heteroatoms. The van der Waals surface area contributed by atoms with Gasteiger partial charge in [-0.1, -0.05) is 25.0 Å². The Hall–Kier alpha value is -0.630. The molecule has 0 atom stereocenters. The highest BCUT2D eigenvalue weighted by Gasteiger charge is 2.20. The third-order valence-corrected chi connectivity index (χ3v) is 3.47. The summed E-state index contributed by atoms with van der Waals surface area (Å²) in [5.74, 6) is 1.02. The quantitative estimate of drug-likeness (QED) is 0.740. The average Bonchev–Trinajstić information content (AvgIpc) is 3.03. The first-order valence-electron chi connectivity index (χ1n) is 5.27. The molecule has 1 saturated carbocycles. The minimum atomic E-state index is 1.02. The molecule has 1 aromatic carbocycles. The van der Waals surface area contributed by atoms with Crippen molar-refractivity contribution in [3.63, 3.8) is 0 Å². The minimum absolute atomic E-state index is 1.02. The molecular formula is C12H17NS. The fourth-order valence-corrected chi connectivity index (χ4v) is 2.18. The van der Waals surface area contributed by atoms with Gasteiger partial charge in [-0.05, 0) is 30.7 Å². The number of benzene rings is 1.